The molecule has 26 heavy (non-hydrogen) atoms. The fourth-order valence-corrected chi connectivity index (χ4v) is 4.76. The van der Waals surface area contributed by atoms with E-state index in [9.17, 15) is 5.11 Å². The Bertz CT molecular complexity index is 538. The van der Waals surface area contributed by atoms with E-state index in [0.29, 0.717) is 12.6 Å². The number of aliphatic hydroxyl groups is 1. The van der Waals surface area contributed by atoms with E-state index in [-0.39, 0.29) is 0 Å². The fourth-order valence-electron chi connectivity index (χ4n) is 4.76. The van der Waals surface area contributed by atoms with Crippen molar-refractivity contribution >= 4 is 0 Å². The van der Waals surface area contributed by atoms with Crippen LogP contribution in [0.2, 0.25) is 0 Å². The van der Waals surface area contributed by atoms with Crippen molar-refractivity contribution in [3.63, 3.8) is 0 Å². The largest absolute Gasteiger partial charge is 0.396 e. The molecule has 5 heteroatoms. The number of piperazine rings is 1. The predicted octanol–water partition coefficient (Wildman–Crippen LogP) is 3.05. The molecule has 1 saturated carbocycles. The Morgan fingerprint density at radius 3 is 2.73 bits per heavy atom. The second-order valence-corrected chi connectivity index (χ2v) is 8.40. The van der Waals surface area contributed by atoms with E-state index >= 15 is 0 Å². The third-order valence-corrected chi connectivity index (χ3v) is 6.26. The van der Waals surface area contributed by atoms with E-state index in [1.165, 1.54) is 49.9 Å². The molecule has 1 unspecified atom stereocenters. The van der Waals surface area contributed by atoms with E-state index in [1.807, 2.05) is 0 Å². The lowest BCUT2D eigenvalue weighted by molar-refractivity contribution is 0.0399. The van der Waals surface area contributed by atoms with E-state index < -0.39 is 0 Å². The van der Waals surface area contributed by atoms with E-state index in [2.05, 4.69) is 39.6 Å². The summed E-state index contributed by atoms with van der Waals surface area (Å²) in [5, 5.41) is 14.2. The summed E-state index contributed by atoms with van der Waals surface area (Å²) in [6, 6.07) is 0.502. The van der Waals surface area contributed by atoms with Gasteiger partial charge in [0.15, 0.2) is 0 Å². The Balaban J connectivity index is 1.56. The summed E-state index contributed by atoms with van der Waals surface area (Å²) in [5.74, 6) is 0.881. The van der Waals surface area contributed by atoms with Crippen LogP contribution in [0.25, 0.3) is 0 Å². The molecular formula is C21H38N4O. The Labute approximate surface area is 159 Å². The zero-order valence-corrected chi connectivity index (χ0v) is 16.9. The molecule has 0 amide bonds. The van der Waals surface area contributed by atoms with E-state index in [1.54, 1.807) is 0 Å². The van der Waals surface area contributed by atoms with Crippen molar-refractivity contribution in [2.75, 3.05) is 32.8 Å². The normalized spacial score (nSPS) is 23.6. The second kappa shape index (κ2) is 9.86. The minimum atomic E-state index is 0.299. The molecule has 2 heterocycles. The molecule has 1 saturated heterocycles. The first-order chi connectivity index (χ1) is 12.7. The van der Waals surface area contributed by atoms with Crippen LogP contribution in [0, 0.1) is 12.8 Å². The SMILES string of the molecule is CCCn1cc(CN2CCN(CC3CCCCC3)C(CCO)C2)c(C)n1. The van der Waals surface area contributed by atoms with Gasteiger partial charge in [-0.25, -0.2) is 0 Å². The quantitative estimate of drug-likeness (QED) is 0.772. The summed E-state index contributed by atoms with van der Waals surface area (Å²) in [7, 11) is 0. The Morgan fingerprint density at radius 2 is 2.00 bits per heavy atom. The van der Waals surface area contributed by atoms with Gasteiger partial charge >= 0.3 is 0 Å². The highest BCUT2D eigenvalue weighted by Crippen LogP contribution is 2.26. The van der Waals surface area contributed by atoms with Crippen molar-refractivity contribution < 1.29 is 5.11 Å². The molecule has 1 N–H and O–H groups in total. The Kier molecular flexibility index (Phi) is 7.52. The third kappa shape index (κ3) is 5.30. The van der Waals surface area contributed by atoms with Crippen LogP contribution in [0.4, 0.5) is 0 Å². The highest BCUT2D eigenvalue weighted by atomic mass is 16.3. The van der Waals surface area contributed by atoms with Crippen molar-refractivity contribution in [2.45, 2.75) is 77.9 Å². The van der Waals surface area contributed by atoms with Crippen molar-refractivity contribution in [1.82, 2.24) is 19.6 Å². The van der Waals surface area contributed by atoms with E-state index in [4.69, 9.17) is 0 Å². The van der Waals surface area contributed by atoms with E-state index in [0.717, 1.165) is 51.5 Å². The first-order valence-electron chi connectivity index (χ1n) is 10.8. The number of aryl methyl sites for hydroxylation is 2. The molecular weight excluding hydrogens is 324 g/mol. The summed E-state index contributed by atoms with van der Waals surface area (Å²) in [5.41, 5.74) is 2.53. The minimum Gasteiger partial charge on any atom is -0.396 e. The summed E-state index contributed by atoms with van der Waals surface area (Å²) in [6.45, 7) is 11.2. The molecule has 1 aromatic rings. The molecule has 0 radical (unpaired) electrons. The monoisotopic (exact) mass is 362 g/mol. The van der Waals surface area contributed by atoms with Crippen LogP contribution >= 0.6 is 0 Å². The van der Waals surface area contributed by atoms with Crippen LogP contribution in [-0.2, 0) is 13.1 Å². The third-order valence-electron chi connectivity index (χ3n) is 6.26. The van der Waals surface area contributed by atoms with Crippen molar-refractivity contribution in [1.29, 1.82) is 0 Å². The number of nitrogens with zero attached hydrogens (tertiary/aromatic N) is 4. The molecule has 1 atom stereocenters. The first kappa shape index (κ1) is 19.8. The van der Waals surface area contributed by atoms with Crippen molar-refractivity contribution in [2.24, 2.45) is 5.92 Å². The van der Waals surface area contributed by atoms with Gasteiger partial charge in [0.1, 0.15) is 0 Å². The van der Waals surface area contributed by atoms with Gasteiger partial charge in [-0.1, -0.05) is 26.2 Å². The lowest BCUT2D eigenvalue weighted by Crippen LogP contribution is -2.54. The van der Waals surface area contributed by atoms with Gasteiger partial charge in [0, 0.05) is 63.7 Å². The summed E-state index contributed by atoms with van der Waals surface area (Å²) in [6.07, 6.45) is 11.3. The molecule has 0 aromatic carbocycles. The van der Waals surface area contributed by atoms with Crippen LogP contribution in [0.3, 0.4) is 0 Å². The molecule has 2 aliphatic rings. The molecule has 1 aliphatic carbocycles. The molecule has 3 rings (SSSR count). The van der Waals surface area contributed by atoms with Gasteiger partial charge in [-0.15, -0.1) is 0 Å². The summed E-state index contributed by atoms with van der Waals surface area (Å²) >= 11 is 0. The maximum Gasteiger partial charge on any atom is 0.0638 e. The number of aliphatic hydroxyl groups excluding tert-OH is 1. The molecule has 5 nitrogen and oxygen atoms in total. The zero-order valence-electron chi connectivity index (χ0n) is 16.9. The second-order valence-electron chi connectivity index (χ2n) is 8.40. The zero-order chi connectivity index (χ0) is 18.4. The molecule has 0 spiro atoms. The first-order valence-corrected chi connectivity index (χ1v) is 10.8. The summed E-state index contributed by atoms with van der Waals surface area (Å²) < 4.78 is 2.09. The van der Waals surface area contributed by atoms with Gasteiger partial charge in [0.2, 0.25) is 0 Å². The standard InChI is InChI=1S/C21H38N4O/c1-3-10-25-16-20(18(2)22-25)15-23-11-12-24(21(17-23)9-13-26)14-19-7-5-4-6-8-19/h16,19,21,26H,3-15,17H2,1-2H3. The number of hydrogen-bond donors (Lipinski definition) is 1. The van der Waals surface area contributed by atoms with Crippen LogP contribution < -0.4 is 0 Å². The van der Waals surface area contributed by atoms with Crippen LogP contribution in [0.5, 0.6) is 0 Å². The average Bonchev–Trinajstić information content (AvgIpc) is 2.98. The smallest absolute Gasteiger partial charge is 0.0638 e. The van der Waals surface area contributed by atoms with Gasteiger partial charge in [-0.3, -0.25) is 14.5 Å². The van der Waals surface area contributed by atoms with Crippen LogP contribution in [0.1, 0.15) is 63.1 Å². The van der Waals surface area contributed by atoms with Gasteiger partial charge in [-0.05, 0) is 38.5 Å². The lowest BCUT2D eigenvalue weighted by atomic mass is 9.88. The average molecular weight is 363 g/mol. The lowest BCUT2D eigenvalue weighted by Gasteiger charge is -2.43. The maximum atomic E-state index is 9.57. The van der Waals surface area contributed by atoms with Crippen molar-refractivity contribution in [3.05, 3.63) is 17.5 Å². The molecule has 0 bridgehead atoms. The Hall–Kier alpha value is -0.910. The number of aromatic nitrogens is 2. The van der Waals surface area contributed by atoms with Gasteiger partial charge in [-0.2, -0.15) is 5.10 Å². The number of rotatable bonds is 8. The Morgan fingerprint density at radius 1 is 1.19 bits per heavy atom. The topological polar surface area (TPSA) is 44.5 Å². The summed E-state index contributed by atoms with van der Waals surface area (Å²) in [4.78, 5) is 5.24. The van der Waals surface area contributed by atoms with Gasteiger partial charge < -0.3 is 5.11 Å². The maximum absolute atomic E-state index is 9.57. The van der Waals surface area contributed by atoms with Gasteiger partial charge in [0.05, 0.1) is 5.69 Å². The highest BCUT2D eigenvalue weighted by Gasteiger charge is 2.29. The molecule has 1 aliphatic heterocycles. The molecule has 148 valence electrons. The van der Waals surface area contributed by atoms with Crippen LogP contribution in [-0.4, -0.2) is 63.5 Å². The van der Waals surface area contributed by atoms with Gasteiger partial charge in [0.25, 0.3) is 0 Å². The fraction of sp³-hybridized carbons (Fsp3) is 0.857. The highest BCUT2D eigenvalue weighted by molar-refractivity contribution is 5.15. The predicted molar refractivity (Wildman–Crippen MR) is 106 cm³/mol. The molecule has 2 fully saturated rings. The number of hydrogen-bond acceptors (Lipinski definition) is 4. The van der Waals surface area contributed by atoms with Crippen molar-refractivity contribution in [3.8, 4) is 0 Å². The van der Waals surface area contributed by atoms with Crippen LogP contribution in [0.15, 0.2) is 6.20 Å². The molecule has 1 aromatic heterocycles. The minimum absolute atomic E-state index is 0.299.